The summed E-state index contributed by atoms with van der Waals surface area (Å²) >= 11 is 0.941. The maximum absolute atomic E-state index is 13.8. The van der Waals surface area contributed by atoms with Crippen molar-refractivity contribution in [1.29, 1.82) is 0 Å². The van der Waals surface area contributed by atoms with Crippen molar-refractivity contribution in [2.24, 2.45) is 0 Å². The molecule has 42 heavy (non-hydrogen) atoms. The SMILES string of the molecule is CCOC(=O)c1sc(N2C(=O)C(=O)/C(=C(/O)c3c(C)nc4ccccn34)C2c2ccc(OCC)c(OCC)c2)nc1C. The van der Waals surface area contributed by atoms with Crippen LogP contribution in [0.1, 0.15) is 59.1 Å². The Morgan fingerprint density at radius 1 is 0.976 bits per heavy atom. The Balaban J connectivity index is 1.76. The van der Waals surface area contributed by atoms with Crippen LogP contribution in [-0.2, 0) is 14.3 Å². The number of ether oxygens (including phenoxy) is 3. The number of nitrogens with zero attached hydrogens (tertiary/aromatic N) is 4. The number of imidazole rings is 1. The molecule has 5 rings (SSSR count). The lowest BCUT2D eigenvalue weighted by Gasteiger charge is -2.24. The van der Waals surface area contributed by atoms with Crippen molar-refractivity contribution in [2.45, 2.75) is 40.7 Å². The van der Waals surface area contributed by atoms with Gasteiger partial charge in [-0.05, 0) is 64.4 Å². The molecular formula is C30H30N4O7S. The van der Waals surface area contributed by atoms with Gasteiger partial charge in [0.1, 0.15) is 16.2 Å². The number of pyridine rings is 1. The van der Waals surface area contributed by atoms with Crippen LogP contribution in [0.2, 0.25) is 0 Å². The fourth-order valence-electron chi connectivity index (χ4n) is 4.98. The van der Waals surface area contributed by atoms with Crippen LogP contribution in [0.4, 0.5) is 5.13 Å². The second-order valence-electron chi connectivity index (χ2n) is 9.35. The molecule has 1 aromatic carbocycles. The number of fused-ring (bicyclic) bond motifs is 1. The molecule has 1 amide bonds. The molecule has 4 heterocycles. The summed E-state index contributed by atoms with van der Waals surface area (Å²) in [5.41, 5.74) is 2.00. The van der Waals surface area contributed by atoms with Crippen LogP contribution < -0.4 is 14.4 Å². The minimum Gasteiger partial charge on any atom is -0.505 e. The minimum atomic E-state index is -1.10. The van der Waals surface area contributed by atoms with Gasteiger partial charge in [0.25, 0.3) is 5.78 Å². The Bertz CT molecular complexity index is 1740. The number of aryl methyl sites for hydroxylation is 2. The Labute approximate surface area is 246 Å². The smallest absolute Gasteiger partial charge is 0.350 e. The summed E-state index contributed by atoms with van der Waals surface area (Å²) in [7, 11) is 0. The molecule has 12 heteroatoms. The van der Waals surface area contributed by atoms with Crippen LogP contribution >= 0.6 is 11.3 Å². The number of aromatic nitrogens is 3. The molecule has 0 spiro atoms. The number of hydrogen-bond acceptors (Lipinski definition) is 10. The van der Waals surface area contributed by atoms with E-state index in [1.165, 1.54) is 4.90 Å². The van der Waals surface area contributed by atoms with Crippen molar-refractivity contribution in [1.82, 2.24) is 14.4 Å². The van der Waals surface area contributed by atoms with Crippen molar-refractivity contribution in [3.63, 3.8) is 0 Å². The largest absolute Gasteiger partial charge is 0.505 e. The second kappa shape index (κ2) is 11.6. The third-order valence-corrected chi connectivity index (χ3v) is 7.85. The number of carbonyl (C=O) groups excluding carboxylic acids is 3. The van der Waals surface area contributed by atoms with Crippen LogP contribution in [0.25, 0.3) is 11.4 Å². The number of amides is 1. The average Bonchev–Trinajstić information content (AvgIpc) is 3.60. The van der Waals surface area contributed by atoms with E-state index >= 15 is 0 Å². The van der Waals surface area contributed by atoms with Crippen LogP contribution in [0.3, 0.4) is 0 Å². The molecule has 4 aromatic rings. The molecule has 0 radical (unpaired) electrons. The molecular weight excluding hydrogens is 560 g/mol. The Morgan fingerprint density at radius 2 is 1.71 bits per heavy atom. The zero-order chi connectivity index (χ0) is 30.1. The average molecular weight is 591 g/mol. The number of benzene rings is 1. The van der Waals surface area contributed by atoms with E-state index in [4.69, 9.17) is 14.2 Å². The van der Waals surface area contributed by atoms with Crippen molar-refractivity contribution in [2.75, 3.05) is 24.7 Å². The molecule has 11 nitrogen and oxygen atoms in total. The molecule has 0 saturated carbocycles. The lowest BCUT2D eigenvalue weighted by atomic mass is 9.96. The molecule has 1 fully saturated rings. The van der Waals surface area contributed by atoms with Gasteiger partial charge in [-0.3, -0.25) is 18.9 Å². The van der Waals surface area contributed by atoms with E-state index in [0.29, 0.717) is 47.3 Å². The molecule has 1 N–H and O–H groups in total. The van der Waals surface area contributed by atoms with E-state index < -0.39 is 23.7 Å². The van der Waals surface area contributed by atoms with Gasteiger partial charge >= 0.3 is 11.9 Å². The quantitative estimate of drug-likeness (QED) is 0.124. The standard InChI is InChI=1S/C30H30N4O7S/c1-6-39-19-13-12-18(15-20(19)40-7-2)24-22(25(35)23-16(4)31-21-11-9-10-14-33(21)23)26(36)28(37)34(24)30-32-17(5)27(42-30)29(38)41-8-3/h9-15,24,35H,6-8H2,1-5H3/b25-22+. The van der Waals surface area contributed by atoms with Crippen molar-refractivity contribution in [3.8, 4) is 11.5 Å². The number of Topliss-reactive ketones (excluding diaryl/α,β-unsaturated/α-hetero) is 1. The molecule has 1 aliphatic heterocycles. The van der Waals surface area contributed by atoms with E-state index in [1.54, 1.807) is 61.7 Å². The summed E-state index contributed by atoms with van der Waals surface area (Å²) in [6, 6.07) is 9.34. The Morgan fingerprint density at radius 3 is 2.43 bits per heavy atom. The first kappa shape index (κ1) is 28.8. The van der Waals surface area contributed by atoms with Gasteiger partial charge in [0.15, 0.2) is 22.4 Å². The number of ketones is 1. The van der Waals surface area contributed by atoms with Gasteiger partial charge in [-0.1, -0.05) is 23.5 Å². The van der Waals surface area contributed by atoms with Crippen LogP contribution in [-0.4, -0.2) is 57.0 Å². The topological polar surface area (TPSA) is 133 Å². The number of rotatable bonds is 9. The fourth-order valence-corrected chi connectivity index (χ4v) is 5.97. The number of hydrogen-bond donors (Lipinski definition) is 1. The van der Waals surface area contributed by atoms with Crippen molar-refractivity contribution < 1.29 is 33.7 Å². The maximum atomic E-state index is 13.8. The first-order chi connectivity index (χ1) is 20.2. The normalized spacial score (nSPS) is 16.3. The number of esters is 1. The van der Waals surface area contributed by atoms with E-state index in [1.807, 2.05) is 19.9 Å². The summed E-state index contributed by atoms with van der Waals surface area (Å²) in [5, 5.41) is 11.9. The second-order valence-corrected chi connectivity index (χ2v) is 10.3. The van der Waals surface area contributed by atoms with Crippen LogP contribution in [0, 0.1) is 13.8 Å². The summed E-state index contributed by atoms with van der Waals surface area (Å²) in [5.74, 6) is -1.86. The number of carbonyl (C=O) groups is 3. The van der Waals surface area contributed by atoms with Crippen molar-refractivity contribution in [3.05, 3.63) is 75.7 Å². The summed E-state index contributed by atoms with van der Waals surface area (Å²) in [6.07, 6.45) is 1.72. The first-order valence-electron chi connectivity index (χ1n) is 13.5. The summed E-state index contributed by atoms with van der Waals surface area (Å²) in [4.78, 5) is 50.5. The number of thiazole rings is 1. The van der Waals surface area contributed by atoms with Crippen LogP contribution in [0.5, 0.6) is 11.5 Å². The van der Waals surface area contributed by atoms with Gasteiger partial charge in [0, 0.05) is 6.20 Å². The highest BCUT2D eigenvalue weighted by molar-refractivity contribution is 7.17. The zero-order valence-corrected chi connectivity index (χ0v) is 24.7. The highest BCUT2D eigenvalue weighted by atomic mass is 32.1. The molecule has 1 unspecified atom stereocenters. The third kappa shape index (κ3) is 4.87. The summed E-state index contributed by atoms with van der Waals surface area (Å²) in [6.45, 7) is 9.63. The molecule has 1 aliphatic rings. The Hall–Kier alpha value is -4.71. The number of aliphatic hydroxyl groups excluding tert-OH is 1. The molecule has 0 aliphatic carbocycles. The Kier molecular flexibility index (Phi) is 7.99. The predicted molar refractivity (Wildman–Crippen MR) is 156 cm³/mol. The maximum Gasteiger partial charge on any atom is 0.350 e. The van der Waals surface area contributed by atoms with Gasteiger partial charge in [-0.25, -0.2) is 14.8 Å². The lowest BCUT2D eigenvalue weighted by molar-refractivity contribution is -0.132. The highest BCUT2D eigenvalue weighted by Gasteiger charge is 2.49. The zero-order valence-electron chi connectivity index (χ0n) is 23.8. The molecule has 0 bridgehead atoms. The number of aliphatic hydroxyl groups is 1. The van der Waals surface area contributed by atoms with E-state index in [2.05, 4.69) is 9.97 Å². The monoisotopic (exact) mass is 590 g/mol. The fraction of sp³-hybridized carbons (Fsp3) is 0.300. The molecule has 218 valence electrons. The predicted octanol–water partition coefficient (Wildman–Crippen LogP) is 5.01. The van der Waals surface area contributed by atoms with E-state index in [9.17, 15) is 19.5 Å². The van der Waals surface area contributed by atoms with Gasteiger partial charge in [-0.15, -0.1) is 0 Å². The molecule has 1 atom stereocenters. The van der Waals surface area contributed by atoms with E-state index in [-0.39, 0.29) is 33.6 Å². The van der Waals surface area contributed by atoms with Gasteiger partial charge in [0.05, 0.1) is 42.8 Å². The van der Waals surface area contributed by atoms with E-state index in [0.717, 1.165) is 11.3 Å². The lowest BCUT2D eigenvalue weighted by Crippen LogP contribution is -2.29. The molecule has 3 aromatic heterocycles. The minimum absolute atomic E-state index is 0.114. The van der Waals surface area contributed by atoms with Gasteiger partial charge < -0.3 is 19.3 Å². The van der Waals surface area contributed by atoms with Gasteiger partial charge in [-0.2, -0.15) is 0 Å². The third-order valence-electron chi connectivity index (χ3n) is 6.71. The van der Waals surface area contributed by atoms with Gasteiger partial charge in [0.2, 0.25) is 0 Å². The summed E-state index contributed by atoms with van der Waals surface area (Å²) < 4.78 is 18.4. The van der Waals surface area contributed by atoms with Crippen LogP contribution in [0.15, 0.2) is 48.2 Å². The van der Waals surface area contributed by atoms with Crippen molar-refractivity contribution >= 4 is 45.5 Å². The molecule has 1 saturated heterocycles. The number of anilines is 1. The highest BCUT2D eigenvalue weighted by Crippen LogP contribution is 2.46. The first-order valence-corrected chi connectivity index (χ1v) is 14.3.